The lowest BCUT2D eigenvalue weighted by atomic mass is 9.51. The zero-order valence-electron chi connectivity index (χ0n) is 13.1. The fourth-order valence-electron chi connectivity index (χ4n) is 5.84. The first-order chi connectivity index (χ1) is 9.63. The van der Waals surface area contributed by atoms with Gasteiger partial charge in [-0.3, -0.25) is 4.79 Å². The maximum absolute atomic E-state index is 12.9. The Morgan fingerprint density at radius 3 is 2.05 bits per heavy atom. The van der Waals surface area contributed by atoms with Gasteiger partial charge in [-0.2, -0.15) is 0 Å². The van der Waals surface area contributed by atoms with E-state index in [2.05, 4.69) is 17.6 Å². The summed E-state index contributed by atoms with van der Waals surface area (Å²) in [7, 11) is 0. The van der Waals surface area contributed by atoms with Crippen molar-refractivity contribution in [3.63, 3.8) is 0 Å². The molecule has 1 aliphatic heterocycles. The first kappa shape index (κ1) is 15.6. The van der Waals surface area contributed by atoms with Crippen molar-refractivity contribution in [3.8, 4) is 0 Å². The normalized spacial score (nSPS) is 43.2. The number of carbonyl (C=O) groups is 1. The molecular weight excluding hydrogens is 284 g/mol. The van der Waals surface area contributed by atoms with Crippen LogP contribution in [0.15, 0.2) is 0 Å². The number of hydrogen-bond acceptors (Lipinski definition) is 2. The Morgan fingerprint density at radius 2 is 1.52 bits per heavy atom. The van der Waals surface area contributed by atoms with Crippen molar-refractivity contribution in [2.45, 2.75) is 57.4 Å². The third kappa shape index (κ3) is 2.84. The van der Waals surface area contributed by atoms with E-state index in [1.165, 1.54) is 32.1 Å². The molecule has 1 saturated heterocycles. The minimum atomic E-state index is 0. The summed E-state index contributed by atoms with van der Waals surface area (Å²) in [5.41, 5.74) is 0.0387. The highest BCUT2D eigenvalue weighted by atomic mass is 35.5. The number of nitrogens with one attached hydrogen (secondary N) is 2. The van der Waals surface area contributed by atoms with Crippen LogP contribution in [0.5, 0.6) is 0 Å². The summed E-state index contributed by atoms with van der Waals surface area (Å²) >= 11 is 0. The number of piperidine rings is 1. The third-order valence-electron chi connectivity index (χ3n) is 6.66. The maximum Gasteiger partial charge on any atom is 0.224 e. The quantitative estimate of drug-likeness (QED) is 0.823. The summed E-state index contributed by atoms with van der Waals surface area (Å²) in [4.78, 5) is 12.9. The largest absolute Gasteiger partial charge is 0.351 e. The van der Waals surface area contributed by atoms with Crippen LogP contribution in [-0.2, 0) is 4.79 Å². The van der Waals surface area contributed by atoms with Crippen LogP contribution in [0.1, 0.15) is 51.9 Å². The van der Waals surface area contributed by atoms with Gasteiger partial charge in [0.1, 0.15) is 0 Å². The average molecular weight is 313 g/mol. The van der Waals surface area contributed by atoms with Gasteiger partial charge in [0, 0.05) is 11.5 Å². The minimum absolute atomic E-state index is 0. The van der Waals surface area contributed by atoms with Gasteiger partial charge in [-0.25, -0.2) is 0 Å². The van der Waals surface area contributed by atoms with E-state index >= 15 is 0 Å². The van der Waals surface area contributed by atoms with Crippen LogP contribution in [0.2, 0.25) is 0 Å². The van der Waals surface area contributed by atoms with Gasteiger partial charge >= 0.3 is 0 Å². The lowest BCUT2D eigenvalue weighted by molar-refractivity contribution is -0.140. The Balaban J connectivity index is 0.00000132. The molecule has 4 heteroatoms. The first-order valence-corrected chi connectivity index (χ1v) is 8.66. The fourth-order valence-corrected chi connectivity index (χ4v) is 5.84. The molecule has 0 atom stereocenters. The van der Waals surface area contributed by atoms with Gasteiger partial charge in [0.05, 0.1) is 0 Å². The summed E-state index contributed by atoms with van der Waals surface area (Å²) in [6, 6.07) is 0. The SMILES string of the molecule is CC1(NC(=O)C2C3CC4CC(C3)CC2C4)CCNCC1.Cl. The molecule has 5 fully saturated rings. The highest BCUT2D eigenvalue weighted by Crippen LogP contribution is 2.56. The summed E-state index contributed by atoms with van der Waals surface area (Å²) in [6.07, 6.45) is 8.96. The predicted molar refractivity (Wildman–Crippen MR) is 86.4 cm³/mol. The molecule has 0 aromatic rings. The van der Waals surface area contributed by atoms with Gasteiger partial charge in [-0.1, -0.05) is 0 Å². The van der Waals surface area contributed by atoms with Gasteiger partial charge in [-0.15, -0.1) is 12.4 Å². The number of carbonyl (C=O) groups excluding carboxylic acids is 1. The fraction of sp³-hybridized carbons (Fsp3) is 0.941. The molecule has 3 nitrogen and oxygen atoms in total. The van der Waals surface area contributed by atoms with Gasteiger partial charge in [0.2, 0.25) is 5.91 Å². The monoisotopic (exact) mass is 312 g/mol. The van der Waals surface area contributed by atoms with Crippen LogP contribution >= 0.6 is 12.4 Å². The van der Waals surface area contributed by atoms with Crippen LogP contribution in [0.3, 0.4) is 0 Å². The highest BCUT2D eigenvalue weighted by molar-refractivity contribution is 5.85. The van der Waals surface area contributed by atoms with Crippen molar-refractivity contribution in [1.82, 2.24) is 10.6 Å². The molecule has 21 heavy (non-hydrogen) atoms. The molecule has 1 amide bonds. The molecule has 0 radical (unpaired) electrons. The number of hydrogen-bond donors (Lipinski definition) is 2. The zero-order valence-corrected chi connectivity index (χ0v) is 13.9. The van der Waals surface area contributed by atoms with Gasteiger partial charge in [0.15, 0.2) is 0 Å². The molecule has 4 bridgehead atoms. The van der Waals surface area contributed by atoms with Crippen molar-refractivity contribution in [3.05, 3.63) is 0 Å². The van der Waals surface area contributed by atoms with Crippen LogP contribution in [0.25, 0.3) is 0 Å². The Hall–Kier alpha value is -0.280. The molecule has 120 valence electrons. The highest BCUT2D eigenvalue weighted by Gasteiger charge is 2.51. The van der Waals surface area contributed by atoms with E-state index in [9.17, 15) is 4.79 Å². The Morgan fingerprint density at radius 1 is 1.00 bits per heavy atom. The summed E-state index contributed by atoms with van der Waals surface area (Å²) in [5, 5.41) is 6.84. The van der Waals surface area contributed by atoms with Crippen molar-refractivity contribution >= 4 is 18.3 Å². The summed E-state index contributed by atoms with van der Waals surface area (Å²) in [6.45, 7) is 4.32. The average Bonchev–Trinajstić information content (AvgIpc) is 2.37. The molecule has 0 spiro atoms. The summed E-state index contributed by atoms with van der Waals surface area (Å²) in [5.74, 6) is 4.05. The van der Waals surface area contributed by atoms with E-state index in [0.717, 1.165) is 37.8 Å². The first-order valence-electron chi connectivity index (χ1n) is 8.66. The van der Waals surface area contributed by atoms with E-state index in [1.54, 1.807) is 0 Å². The van der Waals surface area contributed by atoms with E-state index < -0.39 is 0 Å². The smallest absolute Gasteiger partial charge is 0.224 e. The van der Waals surface area contributed by atoms with Gasteiger partial charge in [0.25, 0.3) is 0 Å². The van der Waals surface area contributed by atoms with Crippen LogP contribution < -0.4 is 10.6 Å². The van der Waals surface area contributed by atoms with Gasteiger partial charge < -0.3 is 10.6 Å². The van der Waals surface area contributed by atoms with E-state index in [4.69, 9.17) is 0 Å². The summed E-state index contributed by atoms with van der Waals surface area (Å²) < 4.78 is 0. The van der Waals surface area contributed by atoms with Crippen LogP contribution in [0, 0.1) is 29.6 Å². The van der Waals surface area contributed by atoms with Gasteiger partial charge in [-0.05, 0) is 88.6 Å². The standard InChI is InChI=1S/C17H28N2O.ClH/c1-17(2-4-18-5-3-17)19-16(20)15-13-7-11-6-12(9-13)10-14(15)8-11;/h11-15,18H,2-10H2,1H3,(H,19,20);1H. The molecule has 0 aromatic heterocycles. The molecular formula is C17H29ClN2O. The Labute approximate surface area is 134 Å². The van der Waals surface area contributed by atoms with Crippen molar-refractivity contribution < 1.29 is 4.79 Å². The maximum atomic E-state index is 12.9. The minimum Gasteiger partial charge on any atom is -0.351 e. The van der Waals surface area contributed by atoms with Crippen molar-refractivity contribution in [1.29, 1.82) is 0 Å². The van der Waals surface area contributed by atoms with Crippen LogP contribution in [0.4, 0.5) is 0 Å². The molecule has 5 rings (SSSR count). The van der Waals surface area contributed by atoms with Crippen molar-refractivity contribution in [2.24, 2.45) is 29.6 Å². The molecule has 1 heterocycles. The number of halogens is 1. The molecule has 5 aliphatic rings. The van der Waals surface area contributed by atoms with E-state index in [0.29, 0.717) is 23.7 Å². The molecule has 0 aromatic carbocycles. The molecule has 2 N–H and O–H groups in total. The van der Waals surface area contributed by atoms with E-state index in [-0.39, 0.29) is 17.9 Å². The second-order valence-electron chi connectivity index (χ2n) is 8.26. The van der Waals surface area contributed by atoms with Crippen molar-refractivity contribution in [2.75, 3.05) is 13.1 Å². The Kier molecular flexibility index (Phi) is 4.26. The lowest BCUT2D eigenvalue weighted by Gasteiger charge is -2.54. The molecule has 4 aliphatic carbocycles. The number of amides is 1. The Bertz CT molecular complexity index is 378. The van der Waals surface area contributed by atoms with Crippen LogP contribution in [-0.4, -0.2) is 24.5 Å². The second-order valence-corrected chi connectivity index (χ2v) is 8.26. The zero-order chi connectivity index (χ0) is 13.7. The third-order valence-corrected chi connectivity index (χ3v) is 6.66. The topological polar surface area (TPSA) is 41.1 Å². The number of rotatable bonds is 2. The predicted octanol–water partition coefficient (Wildman–Crippen LogP) is 2.74. The second kappa shape index (κ2) is 5.73. The lowest BCUT2D eigenvalue weighted by Crippen LogP contribution is -2.58. The molecule has 0 unspecified atom stereocenters. The molecule has 4 saturated carbocycles. The van der Waals surface area contributed by atoms with E-state index in [1.807, 2.05) is 0 Å².